The minimum Gasteiger partial charge on any atom is -0.303 e. The molecule has 0 spiro atoms. The standard InChI is InChI=1S/C16H15F3N4/c1-9-5-11(6-10-7-20-22-13(9)10)23-8-12(16(17,18)19)21-14(23)15(2)3-4-15/h5-8H,3-4H2,1-2H3,(H,20,22). The van der Waals surface area contributed by atoms with Crippen molar-refractivity contribution in [2.24, 2.45) is 0 Å². The lowest BCUT2D eigenvalue weighted by molar-refractivity contribution is -0.141. The first kappa shape index (κ1) is 14.3. The number of H-pyrrole nitrogens is 1. The highest BCUT2D eigenvalue weighted by molar-refractivity contribution is 5.83. The van der Waals surface area contributed by atoms with E-state index in [0.717, 1.165) is 35.5 Å². The summed E-state index contributed by atoms with van der Waals surface area (Å²) in [6.45, 7) is 3.86. The SMILES string of the molecule is Cc1cc(-n2cc(C(F)(F)F)nc2C2(C)CC2)cc2cn[nH]c12. The van der Waals surface area contributed by atoms with Crippen LogP contribution in [-0.4, -0.2) is 19.7 Å². The van der Waals surface area contributed by atoms with Gasteiger partial charge in [-0.2, -0.15) is 18.3 Å². The third kappa shape index (κ3) is 2.22. The molecule has 1 aliphatic carbocycles. The second kappa shape index (κ2) is 4.37. The van der Waals surface area contributed by atoms with Crippen LogP contribution in [0.3, 0.4) is 0 Å². The van der Waals surface area contributed by atoms with Gasteiger partial charge in [0, 0.05) is 22.7 Å². The van der Waals surface area contributed by atoms with E-state index in [1.807, 2.05) is 26.0 Å². The normalized spacial score (nSPS) is 16.9. The van der Waals surface area contributed by atoms with E-state index < -0.39 is 11.9 Å². The van der Waals surface area contributed by atoms with Crippen molar-refractivity contribution >= 4 is 10.9 Å². The third-order valence-electron chi connectivity index (χ3n) is 4.55. The monoisotopic (exact) mass is 320 g/mol. The zero-order chi connectivity index (χ0) is 16.4. The molecule has 1 aromatic carbocycles. The van der Waals surface area contributed by atoms with Gasteiger partial charge in [0.15, 0.2) is 5.69 Å². The first-order chi connectivity index (χ1) is 10.8. The van der Waals surface area contributed by atoms with Crippen LogP contribution in [0.2, 0.25) is 0 Å². The fraction of sp³-hybridized carbons (Fsp3) is 0.375. The summed E-state index contributed by atoms with van der Waals surface area (Å²) in [6, 6.07) is 3.69. The Hall–Kier alpha value is -2.31. The molecule has 0 amide bonds. The summed E-state index contributed by atoms with van der Waals surface area (Å²) >= 11 is 0. The van der Waals surface area contributed by atoms with Gasteiger partial charge in [-0.15, -0.1) is 0 Å². The molecule has 1 fully saturated rings. The van der Waals surface area contributed by atoms with E-state index in [0.29, 0.717) is 11.5 Å². The van der Waals surface area contributed by atoms with Crippen LogP contribution in [0.25, 0.3) is 16.6 Å². The molecule has 120 valence electrons. The maximum absolute atomic E-state index is 13.1. The van der Waals surface area contributed by atoms with Gasteiger partial charge in [-0.3, -0.25) is 5.10 Å². The Bertz CT molecular complexity index is 900. The van der Waals surface area contributed by atoms with Gasteiger partial charge in [-0.25, -0.2) is 4.98 Å². The Morgan fingerprint density at radius 1 is 1.26 bits per heavy atom. The molecule has 4 nitrogen and oxygen atoms in total. The molecule has 2 aromatic heterocycles. The average Bonchev–Trinajstić information content (AvgIpc) is 2.95. The molecule has 4 rings (SSSR count). The fourth-order valence-corrected chi connectivity index (χ4v) is 2.91. The summed E-state index contributed by atoms with van der Waals surface area (Å²) < 4.78 is 40.9. The Balaban J connectivity index is 1.94. The molecule has 0 atom stereocenters. The van der Waals surface area contributed by atoms with Crippen molar-refractivity contribution in [2.75, 3.05) is 0 Å². The molecule has 0 bridgehead atoms. The van der Waals surface area contributed by atoms with Crippen LogP contribution in [0.15, 0.2) is 24.5 Å². The van der Waals surface area contributed by atoms with Gasteiger partial charge in [-0.1, -0.05) is 6.92 Å². The van der Waals surface area contributed by atoms with Crippen molar-refractivity contribution in [1.82, 2.24) is 19.7 Å². The number of rotatable bonds is 2. The first-order valence-corrected chi connectivity index (χ1v) is 7.39. The lowest BCUT2D eigenvalue weighted by atomic mass is 10.1. The molecule has 7 heteroatoms. The van der Waals surface area contributed by atoms with E-state index in [9.17, 15) is 13.2 Å². The summed E-state index contributed by atoms with van der Waals surface area (Å²) in [6.07, 6.45) is 0.0358. The highest BCUT2D eigenvalue weighted by Crippen LogP contribution is 2.48. The van der Waals surface area contributed by atoms with Crippen LogP contribution >= 0.6 is 0 Å². The van der Waals surface area contributed by atoms with Crippen LogP contribution in [0.4, 0.5) is 13.2 Å². The quantitative estimate of drug-likeness (QED) is 0.772. The summed E-state index contributed by atoms with van der Waals surface area (Å²) in [5, 5.41) is 7.76. The number of hydrogen-bond donors (Lipinski definition) is 1. The summed E-state index contributed by atoms with van der Waals surface area (Å²) in [5.74, 6) is 0.479. The largest absolute Gasteiger partial charge is 0.434 e. The molecule has 1 aliphatic rings. The second-order valence-corrected chi connectivity index (χ2v) is 6.48. The smallest absolute Gasteiger partial charge is 0.303 e. The number of fused-ring (bicyclic) bond motifs is 1. The van der Waals surface area contributed by atoms with Crippen LogP contribution in [0.1, 0.15) is 36.8 Å². The van der Waals surface area contributed by atoms with Crippen LogP contribution in [0, 0.1) is 6.92 Å². The molecule has 0 radical (unpaired) electrons. The zero-order valence-corrected chi connectivity index (χ0v) is 12.7. The number of halogens is 3. The Morgan fingerprint density at radius 3 is 2.65 bits per heavy atom. The van der Waals surface area contributed by atoms with Crippen LogP contribution < -0.4 is 0 Å². The number of benzene rings is 1. The average molecular weight is 320 g/mol. The molecular formula is C16H15F3N4. The number of nitrogens with one attached hydrogen (secondary N) is 1. The van der Waals surface area contributed by atoms with E-state index in [1.54, 1.807) is 10.8 Å². The molecule has 0 unspecified atom stereocenters. The number of hydrogen-bond acceptors (Lipinski definition) is 2. The van der Waals surface area contributed by atoms with E-state index in [-0.39, 0.29) is 5.41 Å². The summed E-state index contributed by atoms with van der Waals surface area (Å²) in [4.78, 5) is 3.90. The van der Waals surface area contributed by atoms with Crippen molar-refractivity contribution in [1.29, 1.82) is 0 Å². The van der Waals surface area contributed by atoms with Crippen molar-refractivity contribution in [3.05, 3.63) is 41.6 Å². The third-order valence-corrected chi connectivity index (χ3v) is 4.55. The lowest BCUT2D eigenvalue weighted by Crippen LogP contribution is -2.10. The Labute approximate surface area is 130 Å². The Morgan fingerprint density at radius 2 is 2.00 bits per heavy atom. The van der Waals surface area contributed by atoms with Gasteiger partial charge in [-0.05, 0) is 37.5 Å². The molecule has 1 saturated carbocycles. The molecule has 3 aromatic rings. The number of imidazole rings is 1. The van der Waals surface area contributed by atoms with Gasteiger partial charge in [0.05, 0.1) is 11.7 Å². The maximum Gasteiger partial charge on any atom is 0.434 e. The second-order valence-electron chi connectivity index (χ2n) is 6.48. The van der Waals surface area contributed by atoms with Gasteiger partial charge < -0.3 is 4.57 Å². The van der Waals surface area contributed by atoms with Gasteiger partial charge in [0.1, 0.15) is 5.82 Å². The fourth-order valence-electron chi connectivity index (χ4n) is 2.91. The van der Waals surface area contributed by atoms with Crippen molar-refractivity contribution in [3.8, 4) is 5.69 Å². The van der Waals surface area contributed by atoms with Gasteiger partial charge in [0.25, 0.3) is 0 Å². The lowest BCUT2D eigenvalue weighted by Gasteiger charge is -2.13. The van der Waals surface area contributed by atoms with Crippen LogP contribution in [-0.2, 0) is 11.6 Å². The van der Waals surface area contributed by atoms with Crippen molar-refractivity contribution in [2.45, 2.75) is 38.3 Å². The Kier molecular flexibility index (Phi) is 2.71. The van der Waals surface area contributed by atoms with Gasteiger partial charge >= 0.3 is 6.18 Å². The van der Waals surface area contributed by atoms with Crippen LogP contribution in [0.5, 0.6) is 0 Å². The minimum atomic E-state index is -4.44. The predicted octanol–water partition coefficient (Wildman–Crippen LogP) is 4.13. The number of aromatic amines is 1. The predicted molar refractivity (Wildman–Crippen MR) is 79.5 cm³/mol. The van der Waals surface area contributed by atoms with Gasteiger partial charge in [0.2, 0.25) is 0 Å². The molecule has 23 heavy (non-hydrogen) atoms. The topological polar surface area (TPSA) is 46.5 Å². The number of aromatic nitrogens is 4. The minimum absolute atomic E-state index is 0.275. The van der Waals surface area contributed by atoms with E-state index >= 15 is 0 Å². The van der Waals surface area contributed by atoms with E-state index in [4.69, 9.17) is 0 Å². The molecule has 2 heterocycles. The van der Waals surface area contributed by atoms with E-state index in [2.05, 4.69) is 15.2 Å². The molecule has 0 aliphatic heterocycles. The number of nitrogens with zero attached hydrogens (tertiary/aromatic N) is 3. The van der Waals surface area contributed by atoms with E-state index in [1.165, 1.54) is 0 Å². The summed E-state index contributed by atoms with van der Waals surface area (Å²) in [7, 11) is 0. The number of aryl methyl sites for hydroxylation is 1. The highest BCUT2D eigenvalue weighted by Gasteiger charge is 2.46. The summed E-state index contributed by atoms with van der Waals surface area (Å²) in [5.41, 5.74) is 1.39. The zero-order valence-electron chi connectivity index (χ0n) is 12.7. The maximum atomic E-state index is 13.1. The molecular weight excluding hydrogens is 305 g/mol. The molecule has 0 saturated heterocycles. The number of alkyl halides is 3. The van der Waals surface area contributed by atoms with Crippen molar-refractivity contribution in [3.63, 3.8) is 0 Å². The van der Waals surface area contributed by atoms with Crippen molar-refractivity contribution < 1.29 is 13.2 Å². The first-order valence-electron chi connectivity index (χ1n) is 7.39. The highest BCUT2D eigenvalue weighted by atomic mass is 19.4. The molecule has 1 N–H and O–H groups in total.